The molecule has 0 aliphatic heterocycles. The summed E-state index contributed by atoms with van der Waals surface area (Å²) in [6, 6.07) is 13.7. The Hall–Kier alpha value is -1.23. The summed E-state index contributed by atoms with van der Waals surface area (Å²) in [5.41, 5.74) is 2.31. The molecule has 0 fully saturated rings. The number of benzene rings is 2. The van der Waals surface area contributed by atoms with Crippen molar-refractivity contribution in [1.82, 2.24) is 5.32 Å². The van der Waals surface area contributed by atoms with Crippen molar-refractivity contribution < 1.29 is 9.47 Å². The summed E-state index contributed by atoms with van der Waals surface area (Å²) in [6.07, 6.45) is 0. The second kappa shape index (κ2) is 8.93. The first-order valence-corrected chi connectivity index (χ1v) is 6.77. The molecule has 0 heterocycles. The number of nitrogens with one attached hydrogen (secondary N) is 1. The standard InChI is InChI=1S/C16H18ClNO2.BrH/c1-19-15-7-6-13(9-16(15)20-2)11-18-10-12-4-3-5-14(17)8-12;/h3-9,18H,10-11H2,1-2H3;1H. The number of methoxy groups -OCH3 is 2. The smallest absolute Gasteiger partial charge is 0.161 e. The van der Waals surface area contributed by atoms with Crippen LogP contribution in [0.2, 0.25) is 5.02 Å². The van der Waals surface area contributed by atoms with E-state index in [9.17, 15) is 0 Å². The number of hydrogen-bond acceptors (Lipinski definition) is 3. The van der Waals surface area contributed by atoms with Crippen molar-refractivity contribution >= 4 is 28.6 Å². The van der Waals surface area contributed by atoms with Gasteiger partial charge in [0.15, 0.2) is 11.5 Å². The van der Waals surface area contributed by atoms with E-state index in [1.165, 1.54) is 0 Å². The normalized spacial score (nSPS) is 9.86. The summed E-state index contributed by atoms with van der Waals surface area (Å²) in [5, 5.41) is 4.14. The van der Waals surface area contributed by atoms with Crippen molar-refractivity contribution in [1.29, 1.82) is 0 Å². The fourth-order valence-electron chi connectivity index (χ4n) is 1.99. The van der Waals surface area contributed by atoms with Crippen molar-refractivity contribution in [3.05, 3.63) is 58.6 Å². The zero-order valence-corrected chi connectivity index (χ0v) is 14.5. The predicted octanol–water partition coefficient (Wildman–Crippen LogP) is 4.22. The van der Waals surface area contributed by atoms with Gasteiger partial charge >= 0.3 is 0 Å². The lowest BCUT2D eigenvalue weighted by Crippen LogP contribution is -2.12. The molecule has 3 nitrogen and oxygen atoms in total. The van der Waals surface area contributed by atoms with Crippen LogP contribution in [-0.2, 0) is 13.1 Å². The lowest BCUT2D eigenvalue weighted by Gasteiger charge is -2.10. The highest BCUT2D eigenvalue weighted by Crippen LogP contribution is 2.27. The second-order valence-corrected chi connectivity index (χ2v) is 4.86. The van der Waals surface area contributed by atoms with E-state index in [-0.39, 0.29) is 17.0 Å². The Morgan fingerprint density at radius 1 is 0.905 bits per heavy atom. The highest BCUT2D eigenvalue weighted by molar-refractivity contribution is 8.93. The number of hydrogen-bond donors (Lipinski definition) is 1. The predicted molar refractivity (Wildman–Crippen MR) is 91.9 cm³/mol. The first-order valence-electron chi connectivity index (χ1n) is 6.39. The van der Waals surface area contributed by atoms with Crippen LogP contribution in [0.25, 0.3) is 0 Å². The van der Waals surface area contributed by atoms with Gasteiger partial charge in [-0.2, -0.15) is 0 Å². The van der Waals surface area contributed by atoms with Crippen molar-refractivity contribution in [2.75, 3.05) is 14.2 Å². The Morgan fingerprint density at radius 2 is 1.57 bits per heavy atom. The van der Waals surface area contributed by atoms with E-state index in [2.05, 4.69) is 5.32 Å². The molecule has 0 saturated carbocycles. The Morgan fingerprint density at radius 3 is 2.19 bits per heavy atom. The molecule has 0 atom stereocenters. The molecule has 0 aliphatic rings. The second-order valence-electron chi connectivity index (χ2n) is 4.42. The summed E-state index contributed by atoms with van der Waals surface area (Å²) in [5.74, 6) is 1.49. The molecule has 0 unspecified atom stereocenters. The van der Waals surface area contributed by atoms with E-state index in [0.717, 1.165) is 40.7 Å². The van der Waals surface area contributed by atoms with Crippen molar-refractivity contribution in [3.8, 4) is 11.5 Å². The molecule has 0 aromatic heterocycles. The molecule has 2 aromatic carbocycles. The van der Waals surface area contributed by atoms with E-state index in [0.29, 0.717) is 0 Å². The van der Waals surface area contributed by atoms with E-state index in [1.54, 1.807) is 14.2 Å². The zero-order chi connectivity index (χ0) is 14.4. The lowest BCUT2D eigenvalue weighted by molar-refractivity contribution is 0.354. The molecule has 0 spiro atoms. The molecule has 5 heteroatoms. The fraction of sp³-hybridized carbons (Fsp3) is 0.250. The molecule has 2 aromatic rings. The van der Waals surface area contributed by atoms with Crippen LogP contribution in [0.15, 0.2) is 42.5 Å². The molecule has 21 heavy (non-hydrogen) atoms. The van der Waals surface area contributed by atoms with Crippen molar-refractivity contribution in [2.24, 2.45) is 0 Å². The maximum atomic E-state index is 5.96. The van der Waals surface area contributed by atoms with Crippen LogP contribution in [0.1, 0.15) is 11.1 Å². The topological polar surface area (TPSA) is 30.5 Å². The van der Waals surface area contributed by atoms with Gasteiger partial charge in [-0.05, 0) is 35.4 Å². The van der Waals surface area contributed by atoms with Crippen LogP contribution in [0.4, 0.5) is 0 Å². The Labute approximate surface area is 141 Å². The van der Waals surface area contributed by atoms with Crippen LogP contribution < -0.4 is 14.8 Å². The monoisotopic (exact) mass is 371 g/mol. The van der Waals surface area contributed by atoms with Gasteiger partial charge in [0.2, 0.25) is 0 Å². The molecule has 0 amide bonds. The van der Waals surface area contributed by atoms with Gasteiger partial charge < -0.3 is 14.8 Å². The van der Waals surface area contributed by atoms with E-state index in [4.69, 9.17) is 21.1 Å². The minimum atomic E-state index is 0. The lowest BCUT2D eigenvalue weighted by atomic mass is 10.2. The van der Waals surface area contributed by atoms with Crippen molar-refractivity contribution in [3.63, 3.8) is 0 Å². The zero-order valence-electron chi connectivity index (χ0n) is 12.1. The average molecular weight is 373 g/mol. The minimum Gasteiger partial charge on any atom is -0.493 e. The van der Waals surface area contributed by atoms with Gasteiger partial charge in [0.25, 0.3) is 0 Å². The SMILES string of the molecule is Br.COc1ccc(CNCc2cccc(Cl)c2)cc1OC. The van der Waals surface area contributed by atoms with E-state index in [1.807, 2.05) is 42.5 Å². The summed E-state index contributed by atoms with van der Waals surface area (Å²) >= 11 is 5.96. The Kier molecular flexibility index (Phi) is 7.57. The first-order chi connectivity index (χ1) is 9.72. The van der Waals surface area contributed by atoms with E-state index >= 15 is 0 Å². The Balaban J connectivity index is 0.00000220. The fourth-order valence-corrected chi connectivity index (χ4v) is 2.20. The van der Waals surface area contributed by atoms with Gasteiger partial charge in [-0.1, -0.05) is 29.8 Å². The Bertz CT molecular complexity index is 578. The highest BCUT2D eigenvalue weighted by Gasteiger charge is 2.04. The largest absolute Gasteiger partial charge is 0.493 e. The molecule has 0 bridgehead atoms. The molecule has 1 N–H and O–H groups in total. The van der Waals surface area contributed by atoms with Crippen molar-refractivity contribution in [2.45, 2.75) is 13.1 Å². The van der Waals surface area contributed by atoms with Crippen LogP contribution in [0, 0.1) is 0 Å². The summed E-state index contributed by atoms with van der Waals surface area (Å²) in [4.78, 5) is 0. The number of halogens is 2. The maximum Gasteiger partial charge on any atom is 0.161 e. The van der Waals surface area contributed by atoms with Gasteiger partial charge in [-0.15, -0.1) is 17.0 Å². The molecule has 0 aliphatic carbocycles. The molecule has 0 saturated heterocycles. The van der Waals surface area contributed by atoms with Gasteiger partial charge in [-0.25, -0.2) is 0 Å². The minimum absolute atomic E-state index is 0. The van der Waals surface area contributed by atoms with Crippen LogP contribution in [-0.4, -0.2) is 14.2 Å². The summed E-state index contributed by atoms with van der Waals surface area (Å²) < 4.78 is 10.5. The third-order valence-corrected chi connectivity index (χ3v) is 3.23. The third kappa shape index (κ3) is 5.23. The highest BCUT2D eigenvalue weighted by atomic mass is 79.9. The number of rotatable bonds is 6. The van der Waals surface area contributed by atoms with Crippen LogP contribution in [0.5, 0.6) is 11.5 Å². The summed E-state index contributed by atoms with van der Waals surface area (Å²) in [7, 11) is 3.27. The average Bonchev–Trinajstić information content (AvgIpc) is 2.47. The first kappa shape index (κ1) is 17.8. The summed E-state index contributed by atoms with van der Waals surface area (Å²) in [6.45, 7) is 1.53. The van der Waals surface area contributed by atoms with Crippen LogP contribution in [0.3, 0.4) is 0 Å². The number of ether oxygens (including phenoxy) is 2. The van der Waals surface area contributed by atoms with Gasteiger partial charge in [0.05, 0.1) is 14.2 Å². The van der Waals surface area contributed by atoms with E-state index < -0.39 is 0 Å². The van der Waals surface area contributed by atoms with Crippen LogP contribution >= 0.6 is 28.6 Å². The molecule has 114 valence electrons. The third-order valence-electron chi connectivity index (χ3n) is 3.00. The van der Waals surface area contributed by atoms with Gasteiger partial charge in [-0.3, -0.25) is 0 Å². The molecular weight excluding hydrogens is 354 g/mol. The van der Waals surface area contributed by atoms with Gasteiger partial charge in [0, 0.05) is 18.1 Å². The molecule has 0 radical (unpaired) electrons. The van der Waals surface area contributed by atoms with Gasteiger partial charge in [0.1, 0.15) is 0 Å². The molecule has 2 rings (SSSR count). The quantitative estimate of drug-likeness (QED) is 0.823. The molecular formula is C16H19BrClNO2. The maximum absolute atomic E-state index is 5.96.